The van der Waals surface area contributed by atoms with Crippen molar-refractivity contribution >= 4 is 21.9 Å². The number of aryl methyl sites for hydroxylation is 2. The third kappa shape index (κ3) is 1.82. The zero-order chi connectivity index (χ0) is 13.5. The molecule has 1 aliphatic rings. The Morgan fingerprint density at radius 1 is 1.28 bits per heavy atom. The van der Waals surface area contributed by atoms with Crippen LogP contribution < -0.4 is 10.0 Å². The summed E-state index contributed by atoms with van der Waals surface area (Å²) in [6, 6.07) is 0. The van der Waals surface area contributed by atoms with Crippen LogP contribution in [-0.2, 0) is 16.6 Å². The molecule has 0 atom stereocenters. The first-order valence-electron chi connectivity index (χ1n) is 5.66. The van der Waals surface area contributed by atoms with Gasteiger partial charge in [-0.1, -0.05) is 6.92 Å². The van der Waals surface area contributed by atoms with E-state index in [1.807, 2.05) is 13.8 Å². The number of hydrogen-bond donors (Lipinski definition) is 1. The minimum absolute atomic E-state index is 0.104. The average Bonchev–Trinajstić information content (AvgIpc) is 2.29. The highest BCUT2D eigenvalue weighted by Gasteiger charge is 2.32. The highest BCUT2D eigenvalue weighted by Crippen LogP contribution is 2.26. The van der Waals surface area contributed by atoms with E-state index in [1.54, 1.807) is 6.92 Å². The van der Waals surface area contributed by atoms with Gasteiger partial charge in [0.2, 0.25) is 0 Å². The Kier molecular flexibility index (Phi) is 2.97. The highest BCUT2D eigenvalue weighted by atomic mass is 32.2. The average molecular weight is 269 g/mol. The van der Waals surface area contributed by atoms with Crippen molar-refractivity contribution in [3.63, 3.8) is 0 Å². The second kappa shape index (κ2) is 4.20. The highest BCUT2D eigenvalue weighted by molar-refractivity contribution is 7.91. The van der Waals surface area contributed by atoms with Crippen LogP contribution >= 0.6 is 0 Å². The van der Waals surface area contributed by atoms with E-state index in [0.29, 0.717) is 12.1 Å². The predicted molar refractivity (Wildman–Crippen MR) is 68.8 cm³/mol. The van der Waals surface area contributed by atoms with E-state index in [-0.39, 0.29) is 18.2 Å². The number of rotatable bonds is 2. The molecule has 0 unspecified atom stereocenters. The van der Waals surface area contributed by atoms with Crippen molar-refractivity contribution in [2.24, 2.45) is 10.1 Å². The lowest BCUT2D eigenvalue weighted by atomic mass is 10.2. The number of hydrogen-bond acceptors (Lipinski definition) is 5. The Bertz CT molecular complexity index is 623. The van der Waals surface area contributed by atoms with E-state index in [0.717, 1.165) is 15.7 Å². The molecule has 1 aromatic heterocycles. The van der Waals surface area contributed by atoms with Crippen molar-refractivity contribution in [1.82, 2.24) is 9.97 Å². The SMILES string of the molecule is CCc1nc2c(nc1C)C(N)=NS(=O)(=O)N2CC. The molecule has 0 amide bonds. The summed E-state index contributed by atoms with van der Waals surface area (Å²) in [5.74, 6) is 0.167. The fourth-order valence-electron chi connectivity index (χ4n) is 1.86. The molecule has 0 bridgehead atoms. The molecule has 1 aromatic rings. The normalized spacial score (nSPS) is 17.3. The first kappa shape index (κ1) is 12.7. The van der Waals surface area contributed by atoms with Crippen LogP contribution in [0.2, 0.25) is 0 Å². The maximum atomic E-state index is 11.9. The first-order valence-corrected chi connectivity index (χ1v) is 7.06. The third-order valence-corrected chi connectivity index (χ3v) is 4.16. The molecular weight excluding hydrogens is 254 g/mol. The van der Waals surface area contributed by atoms with Crippen molar-refractivity contribution in [2.45, 2.75) is 27.2 Å². The molecule has 0 radical (unpaired) electrons. The lowest BCUT2D eigenvalue weighted by Crippen LogP contribution is -2.38. The second-order valence-corrected chi connectivity index (χ2v) is 5.42. The van der Waals surface area contributed by atoms with Crippen LogP contribution in [0.4, 0.5) is 5.82 Å². The van der Waals surface area contributed by atoms with Crippen molar-refractivity contribution in [2.75, 3.05) is 10.8 Å². The lowest BCUT2D eigenvalue weighted by molar-refractivity contribution is 0.592. The summed E-state index contributed by atoms with van der Waals surface area (Å²) < 4.78 is 28.3. The quantitative estimate of drug-likeness (QED) is 0.822. The first-order chi connectivity index (χ1) is 8.40. The molecular formula is C10H15N5O2S. The van der Waals surface area contributed by atoms with Crippen LogP contribution in [0.5, 0.6) is 0 Å². The summed E-state index contributed by atoms with van der Waals surface area (Å²) in [7, 11) is -3.78. The number of anilines is 1. The van der Waals surface area contributed by atoms with Gasteiger partial charge in [-0.05, 0) is 20.3 Å². The zero-order valence-corrected chi connectivity index (χ0v) is 11.3. The fourth-order valence-corrected chi connectivity index (χ4v) is 2.97. The molecule has 8 heteroatoms. The third-order valence-electron chi connectivity index (χ3n) is 2.74. The molecule has 0 fully saturated rings. The van der Waals surface area contributed by atoms with Gasteiger partial charge >= 0.3 is 10.2 Å². The molecule has 0 spiro atoms. The predicted octanol–water partition coefficient (Wildman–Crippen LogP) is 0.137. The Morgan fingerprint density at radius 2 is 1.94 bits per heavy atom. The van der Waals surface area contributed by atoms with Gasteiger partial charge in [-0.3, -0.25) is 0 Å². The van der Waals surface area contributed by atoms with Gasteiger partial charge in [0, 0.05) is 6.54 Å². The molecule has 0 saturated heterocycles. The molecule has 0 aromatic carbocycles. The van der Waals surface area contributed by atoms with E-state index in [1.165, 1.54) is 0 Å². The Labute approximate surface area is 106 Å². The van der Waals surface area contributed by atoms with Crippen molar-refractivity contribution in [3.8, 4) is 0 Å². The maximum absolute atomic E-state index is 11.9. The lowest BCUT2D eigenvalue weighted by Gasteiger charge is -2.25. The number of nitrogens with two attached hydrogens (primary N) is 1. The minimum atomic E-state index is -3.78. The van der Waals surface area contributed by atoms with Crippen LogP contribution in [0.25, 0.3) is 0 Å². The standard InChI is InChI=1S/C10H15N5O2S/c1-4-7-6(3)12-8-9(11)14-18(16,17)15(5-2)10(8)13-7/h4-5H2,1-3H3,(H2,11,14). The molecule has 7 nitrogen and oxygen atoms in total. The van der Waals surface area contributed by atoms with Crippen LogP contribution in [0.3, 0.4) is 0 Å². The number of fused-ring (bicyclic) bond motifs is 1. The second-order valence-electron chi connectivity index (χ2n) is 3.90. The summed E-state index contributed by atoms with van der Waals surface area (Å²) in [5, 5.41) is 0. The van der Waals surface area contributed by atoms with Crippen LogP contribution in [0.1, 0.15) is 30.9 Å². The van der Waals surface area contributed by atoms with Gasteiger partial charge in [0.15, 0.2) is 11.7 Å². The molecule has 98 valence electrons. The Hall–Kier alpha value is -1.70. The minimum Gasteiger partial charge on any atom is -0.381 e. The summed E-state index contributed by atoms with van der Waals surface area (Å²) in [4.78, 5) is 8.66. The molecule has 2 N–H and O–H groups in total. The maximum Gasteiger partial charge on any atom is 0.347 e. The summed E-state index contributed by atoms with van der Waals surface area (Å²) in [6.07, 6.45) is 0.681. The summed E-state index contributed by atoms with van der Waals surface area (Å²) in [6.45, 7) is 5.71. The molecule has 0 aliphatic carbocycles. The van der Waals surface area contributed by atoms with E-state index in [4.69, 9.17) is 5.73 Å². The van der Waals surface area contributed by atoms with Crippen LogP contribution in [0.15, 0.2) is 4.40 Å². The molecule has 2 rings (SSSR count). The number of nitrogens with zero attached hydrogens (tertiary/aromatic N) is 4. The van der Waals surface area contributed by atoms with Gasteiger partial charge in [-0.25, -0.2) is 14.3 Å². The van der Waals surface area contributed by atoms with Gasteiger partial charge in [0.05, 0.1) is 11.4 Å². The van der Waals surface area contributed by atoms with Gasteiger partial charge in [0.1, 0.15) is 5.69 Å². The van der Waals surface area contributed by atoms with E-state index < -0.39 is 10.2 Å². The van der Waals surface area contributed by atoms with Gasteiger partial charge in [0.25, 0.3) is 0 Å². The van der Waals surface area contributed by atoms with E-state index >= 15 is 0 Å². The van der Waals surface area contributed by atoms with Gasteiger partial charge < -0.3 is 5.73 Å². The molecule has 1 aliphatic heterocycles. The van der Waals surface area contributed by atoms with E-state index in [2.05, 4.69) is 14.4 Å². The number of amidine groups is 1. The molecule has 0 saturated carbocycles. The smallest absolute Gasteiger partial charge is 0.347 e. The Morgan fingerprint density at radius 3 is 2.50 bits per heavy atom. The Balaban J connectivity index is 2.75. The topological polar surface area (TPSA) is 102 Å². The van der Waals surface area contributed by atoms with Crippen molar-refractivity contribution in [3.05, 3.63) is 17.1 Å². The fraction of sp³-hybridized carbons (Fsp3) is 0.500. The van der Waals surface area contributed by atoms with Crippen LogP contribution in [-0.4, -0.2) is 30.8 Å². The number of aromatic nitrogens is 2. The van der Waals surface area contributed by atoms with Gasteiger partial charge in [-0.2, -0.15) is 8.42 Å². The zero-order valence-electron chi connectivity index (χ0n) is 10.5. The summed E-state index contributed by atoms with van der Waals surface area (Å²) in [5.41, 5.74) is 7.48. The van der Waals surface area contributed by atoms with Crippen LogP contribution in [0, 0.1) is 6.92 Å². The largest absolute Gasteiger partial charge is 0.381 e. The molecule has 18 heavy (non-hydrogen) atoms. The van der Waals surface area contributed by atoms with Crippen molar-refractivity contribution in [1.29, 1.82) is 0 Å². The van der Waals surface area contributed by atoms with Gasteiger partial charge in [-0.15, -0.1) is 4.40 Å². The summed E-state index contributed by atoms with van der Waals surface area (Å²) >= 11 is 0. The van der Waals surface area contributed by atoms with E-state index in [9.17, 15) is 8.42 Å². The van der Waals surface area contributed by atoms with Crippen molar-refractivity contribution < 1.29 is 8.42 Å². The monoisotopic (exact) mass is 269 g/mol. The molecule has 2 heterocycles.